The number of hydrogen-bond acceptors (Lipinski definition) is 5. The molecule has 4 atom stereocenters. The Bertz CT molecular complexity index is 234. The predicted molar refractivity (Wildman–Crippen MR) is 44.7 cm³/mol. The summed E-state index contributed by atoms with van der Waals surface area (Å²) in [5, 5.41) is 0. The number of hydrogen-bond donors (Lipinski definition) is 1. The highest BCUT2D eigenvalue weighted by Gasteiger charge is 2.54. The maximum atomic E-state index is 10.4. The Morgan fingerprint density at radius 2 is 2.50 bits per heavy atom. The van der Waals surface area contributed by atoms with E-state index in [1.807, 2.05) is 0 Å². The Hall–Kier alpha value is -0.850. The zero-order valence-electron chi connectivity index (χ0n) is 7.84. The third-order valence-electron chi connectivity index (χ3n) is 2.46. The number of nitrogens with two attached hydrogens (primary N) is 1. The lowest BCUT2D eigenvalue weighted by Gasteiger charge is -2.21. The van der Waals surface area contributed by atoms with Gasteiger partial charge in [-0.25, -0.2) is 4.79 Å². The standard InChI is InChI=1S/C8H13NO5/c1-11-4(2-13-8(9)10)6-7-5(14-7)3-12-6/h4-7H,2-3H2,1H3,(H2,9,10)/t4-,5+,6+,7+/m0/s1. The van der Waals surface area contributed by atoms with Crippen LogP contribution in [0, 0.1) is 0 Å². The summed E-state index contributed by atoms with van der Waals surface area (Å²) in [6, 6.07) is 0. The first kappa shape index (κ1) is 9.70. The summed E-state index contributed by atoms with van der Waals surface area (Å²) in [6.45, 7) is 0.689. The van der Waals surface area contributed by atoms with E-state index in [2.05, 4.69) is 4.74 Å². The average molecular weight is 203 g/mol. The molecule has 0 bridgehead atoms. The Morgan fingerprint density at radius 1 is 1.71 bits per heavy atom. The van der Waals surface area contributed by atoms with E-state index >= 15 is 0 Å². The second-order valence-corrected chi connectivity index (χ2v) is 3.34. The number of fused-ring (bicyclic) bond motifs is 1. The molecule has 2 aliphatic heterocycles. The molecule has 0 aromatic heterocycles. The van der Waals surface area contributed by atoms with Crippen molar-refractivity contribution in [1.82, 2.24) is 0 Å². The highest BCUT2D eigenvalue weighted by molar-refractivity contribution is 5.64. The van der Waals surface area contributed by atoms with Crippen molar-refractivity contribution in [3.05, 3.63) is 0 Å². The van der Waals surface area contributed by atoms with E-state index in [-0.39, 0.29) is 31.0 Å². The SMILES string of the molecule is CO[C@@H](COC(N)=O)[C@H]1OC[C@H]2O[C@@H]12. The summed E-state index contributed by atoms with van der Waals surface area (Å²) in [6.07, 6.45) is -0.967. The van der Waals surface area contributed by atoms with Gasteiger partial charge in [0.25, 0.3) is 0 Å². The zero-order chi connectivity index (χ0) is 10.1. The number of rotatable bonds is 4. The first-order valence-corrected chi connectivity index (χ1v) is 4.44. The van der Waals surface area contributed by atoms with Crippen LogP contribution in [0.4, 0.5) is 4.79 Å². The lowest BCUT2D eigenvalue weighted by Crippen LogP contribution is -2.37. The van der Waals surface area contributed by atoms with Crippen molar-refractivity contribution in [3.63, 3.8) is 0 Å². The van der Waals surface area contributed by atoms with E-state index in [1.165, 1.54) is 7.11 Å². The molecule has 0 saturated carbocycles. The largest absolute Gasteiger partial charge is 0.447 e. The Labute approximate surface area is 81.2 Å². The normalized spacial score (nSPS) is 36.2. The fraction of sp³-hybridized carbons (Fsp3) is 0.875. The van der Waals surface area contributed by atoms with Crippen LogP contribution in [0.25, 0.3) is 0 Å². The van der Waals surface area contributed by atoms with Gasteiger partial charge in [0.05, 0.1) is 6.61 Å². The number of methoxy groups -OCH3 is 1. The maximum absolute atomic E-state index is 10.4. The number of carbonyl (C=O) groups excluding carboxylic acids is 1. The van der Waals surface area contributed by atoms with Crippen LogP contribution in [0.1, 0.15) is 0 Å². The maximum Gasteiger partial charge on any atom is 0.404 e. The average Bonchev–Trinajstić information content (AvgIpc) is 2.82. The smallest absolute Gasteiger partial charge is 0.404 e. The summed E-state index contributed by atoms with van der Waals surface area (Å²) in [7, 11) is 1.54. The van der Waals surface area contributed by atoms with Crippen LogP contribution in [-0.4, -0.2) is 50.8 Å². The molecule has 0 aliphatic carbocycles. The van der Waals surface area contributed by atoms with Crippen molar-refractivity contribution in [2.45, 2.75) is 24.4 Å². The summed E-state index contributed by atoms with van der Waals surface area (Å²) in [5.74, 6) is 0. The van der Waals surface area contributed by atoms with Gasteiger partial charge in [-0.2, -0.15) is 0 Å². The van der Waals surface area contributed by atoms with Crippen LogP contribution in [0.2, 0.25) is 0 Å². The van der Waals surface area contributed by atoms with Crippen LogP contribution in [0.15, 0.2) is 0 Å². The van der Waals surface area contributed by atoms with Gasteiger partial charge in [0.1, 0.15) is 31.0 Å². The third kappa shape index (κ3) is 1.82. The third-order valence-corrected chi connectivity index (χ3v) is 2.46. The fourth-order valence-electron chi connectivity index (χ4n) is 1.66. The molecule has 0 spiro atoms. The van der Waals surface area contributed by atoms with Gasteiger partial charge in [-0.05, 0) is 0 Å². The van der Waals surface area contributed by atoms with Crippen molar-refractivity contribution in [1.29, 1.82) is 0 Å². The monoisotopic (exact) mass is 203 g/mol. The minimum atomic E-state index is -0.807. The van der Waals surface area contributed by atoms with Gasteiger partial charge < -0.3 is 24.7 Å². The van der Waals surface area contributed by atoms with E-state index in [1.54, 1.807) is 0 Å². The van der Waals surface area contributed by atoms with Crippen molar-refractivity contribution in [3.8, 4) is 0 Å². The molecular weight excluding hydrogens is 190 g/mol. The minimum absolute atomic E-state index is 0.0939. The van der Waals surface area contributed by atoms with Crippen LogP contribution in [0.5, 0.6) is 0 Å². The van der Waals surface area contributed by atoms with Gasteiger partial charge in [0.15, 0.2) is 0 Å². The number of ether oxygens (including phenoxy) is 4. The van der Waals surface area contributed by atoms with E-state index in [9.17, 15) is 4.79 Å². The first-order valence-electron chi connectivity index (χ1n) is 4.44. The fourth-order valence-corrected chi connectivity index (χ4v) is 1.66. The van der Waals surface area contributed by atoms with E-state index in [0.29, 0.717) is 6.61 Å². The lowest BCUT2D eigenvalue weighted by atomic mass is 10.1. The molecule has 80 valence electrons. The molecule has 2 saturated heterocycles. The van der Waals surface area contributed by atoms with Crippen LogP contribution in [-0.2, 0) is 18.9 Å². The Morgan fingerprint density at radius 3 is 2.93 bits per heavy atom. The molecule has 0 unspecified atom stereocenters. The van der Waals surface area contributed by atoms with Crippen molar-refractivity contribution < 1.29 is 23.7 Å². The molecule has 6 heteroatoms. The molecule has 2 N–H and O–H groups in total. The minimum Gasteiger partial charge on any atom is -0.447 e. The molecule has 6 nitrogen and oxygen atoms in total. The van der Waals surface area contributed by atoms with E-state index in [0.717, 1.165) is 0 Å². The number of primary amides is 1. The number of amides is 1. The highest BCUT2D eigenvalue weighted by atomic mass is 16.7. The molecule has 14 heavy (non-hydrogen) atoms. The molecule has 2 aliphatic rings. The quantitative estimate of drug-likeness (QED) is 0.608. The predicted octanol–water partition coefficient (Wildman–Crippen LogP) is -0.737. The molecule has 0 aromatic rings. The van der Waals surface area contributed by atoms with Crippen LogP contribution >= 0.6 is 0 Å². The summed E-state index contributed by atoms with van der Waals surface area (Å²) in [5.41, 5.74) is 4.85. The lowest BCUT2D eigenvalue weighted by molar-refractivity contribution is -0.0833. The van der Waals surface area contributed by atoms with Gasteiger partial charge >= 0.3 is 6.09 Å². The molecular formula is C8H13NO5. The Balaban J connectivity index is 1.82. The number of epoxide rings is 1. The topological polar surface area (TPSA) is 83.3 Å². The van der Waals surface area contributed by atoms with Crippen molar-refractivity contribution in [2.24, 2.45) is 5.73 Å². The van der Waals surface area contributed by atoms with Crippen LogP contribution < -0.4 is 5.73 Å². The Kier molecular flexibility index (Phi) is 2.58. The molecule has 2 heterocycles. The second kappa shape index (κ2) is 3.72. The van der Waals surface area contributed by atoms with E-state index < -0.39 is 6.09 Å². The second-order valence-electron chi connectivity index (χ2n) is 3.34. The summed E-state index contributed by atoms with van der Waals surface area (Å²) >= 11 is 0. The van der Waals surface area contributed by atoms with E-state index in [4.69, 9.17) is 19.9 Å². The molecule has 2 rings (SSSR count). The van der Waals surface area contributed by atoms with Gasteiger partial charge in [-0.3, -0.25) is 0 Å². The van der Waals surface area contributed by atoms with Crippen molar-refractivity contribution in [2.75, 3.05) is 20.3 Å². The zero-order valence-corrected chi connectivity index (χ0v) is 7.84. The van der Waals surface area contributed by atoms with Crippen molar-refractivity contribution >= 4 is 6.09 Å². The van der Waals surface area contributed by atoms with Gasteiger partial charge in [-0.15, -0.1) is 0 Å². The van der Waals surface area contributed by atoms with Gasteiger partial charge in [-0.1, -0.05) is 0 Å². The van der Waals surface area contributed by atoms with Gasteiger partial charge in [0.2, 0.25) is 0 Å². The first-order chi connectivity index (χ1) is 6.72. The van der Waals surface area contributed by atoms with Crippen LogP contribution in [0.3, 0.4) is 0 Å². The highest BCUT2D eigenvalue weighted by Crippen LogP contribution is 2.36. The van der Waals surface area contributed by atoms with Gasteiger partial charge in [0, 0.05) is 7.11 Å². The summed E-state index contributed by atoms with van der Waals surface area (Å²) < 4.78 is 20.5. The number of carbonyl (C=O) groups is 1. The molecule has 0 radical (unpaired) electrons. The molecule has 2 fully saturated rings. The molecule has 0 aromatic carbocycles. The molecule has 1 amide bonds. The summed E-state index contributed by atoms with van der Waals surface area (Å²) in [4.78, 5) is 10.4.